The van der Waals surface area contributed by atoms with Crippen LogP contribution in [0.15, 0.2) is 41.3 Å². The first kappa shape index (κ1) is 17.7. The molecule has 0 aromatic heterocycles. The molecular weight excluding hydrogens is 308 g/mol. The lowest BCUT2D eigenvalue weighted by atomic mass is 10.2. The van der Waals surface area contributed by atoms with Crippen LogP contribution in [0.1, 0.15) is 26.3 Å². The summed E-state index contributed by atoms with van der Waals surface area (Å²) in [5.41, 5.74) is 1.06. The number of hydrogen-bond donors (Lipinski definition) is 0. The SMILES string of the molecule is Cc1ccc(S(=O)(=O)C/C=C\CSSC(C)(C)C)cc1. The molecule has 1 aromatic carbocycles. The van der Waals surface area contributed by atoms with Crippen LogP contribution in [0.5, 0.6) is 0 Å². The van der Waals surface area contributed by atoms with Gasteiger partial charge in [0.1, 0.15) is 0 Å². The van der Waals surface area contributed by atoms with E-state index in [4.69, 9.17) is 0 Å². The molecule has 0 amide bonds. The van der Waals surface area contributed by atoms with Gasteiger partial charge in [-0.2, -0.15) is 0 Å². The second-order valence-electron chi connectivity index (χ2n) is 5.55. The molecule has 20 heavy (non-hydrogen) atoms. The molecule has 0 atom stereocenters. The molecule has 112 valence electrons. The fraction of sp³-hybridized carbons (Fsp3) is 0.467. The van der Waals surface area contributed by atoms with Crippen LogP contribution in [-0.4, -0.2) is 24.7 Å². The van der Waals surface area contributed by atoms with Gasteiger partial charge in [0.25, 0.3) is 0 Å². The highest BCUT2D eigenvalue weighted by atomic mass is 33.1. The quantitative estimate of drug-likeness (QED) is 0.437. The van der Waals surface area contributed by atoms with Crippen LogP contribution in [0, 0.1) is 6.92 Å². The van der Waals surface area contributed by atoms with Gasteiger partial charge in [-0.3, -0.25) is 0 Å². The van der Waals surface area contributed by atoms with E-state index in [1.807, 2.05) is 25.1 Å². The zero-order valence-electron chi connectivity index (χ0n) is 12.4. The molecule has 0 bridgehead atoms. The molecule has 0 unspecified atom stereocenters. The Morgan fingerprint density at radius 3 is 2.25 bits per heavy atom. The van der Waals surface area contributed by atoms with Gasteiger partial charge >= 0.3 is 0 Å². The zero-order valence-corrected chi connectivity index (χ0v) is 14.9. The molecule has 1 aromatic rings. The third-order valence-corrected chi connectivity index (χ3v) is 7.17. The first-order chi connectivity index (χ1) is 9.21. The van der Waals surface area contributed by atoms with Crippen LogP contribution in [0.3, 0.4) is 0 Å². The van der Waals surface area contributed by atoms with E-state index in [9.17, 15) is 8.42 Å². The highest BCUT2D eigenvalue weighted by Crippen LogP contribution is 2.34. The number of sulfone groups is 1. The molecule has 2 nitrogen and oxygen atoms in total. The highest BCUT2D eigenvalue weighted by Gasteiger charge is 2.12. The van der Waals surface area contributed by atoms with Crippen LogP contribution in [0.25, 0.3) is 0 Å². The van der Waals surface area contributed by atoms with Gasteiger partial charge in [0.05, 0.1) is 10.6 Å². The molecule has 0 aliphatic heterocycles. The minimum atomic E-state index is -3.20. The number of benzene rings is 1. The standard InChI is InChI=1S/C15H22O2S3/c1-13-7-9-14(10-8-13)20(16,17)12-6-5-11-18-19-15(2,3)4/h5-10H,11-12H2,1-4H3/b6-5-. The van der Waals surface area contributed by atoms with E-state index in [0.29, 0.717) is 4.90 Å². The van der Waals surface area contributed by atoms with Crippen LogP contribution >= 0.6 is 21.6 Å². The van der Waals surface area contributed by atoms with Crippen molar-refractivity contribution < 1.29 is 8.42 Å². The summed E-state index contributed by atoms with van der Waals surface area (Å²) in [4.78, 5) is 0.393. The predicted octanol–water partition coefficient (Wildman–Crippen LogP) is 4.50. The lowest BCUT2D eigenvalue weighted by Gasteiger charge is -2.15. The van der Waals surface area contributed by atoms with Crippen LogP contribution < -0.4 is 0 Å². The van der Waals surface area contributed by atoms with E-state index in [-0.39, 0.29) is 10.5 Å². The monoisotopic (exact) mass is 330 g/mol. The van der Waals surface area contributed by atoms with E-state index < -0.39 is 9.84 Å². The normalized spacial score (nSPS) is 13.0. The largest absolute Gasteiger partial charge is 0.223 e. The zero-order chi connectivity index (χ0) is 15.2. The fourth-order valence-electron chi connectivity index (χ4n) is 1.35. The third-order valence-electron chi connectivity index (χ3n) is 2.34. The number of rotatable bonds is 6. The van der Waals surface area contributed by atoms with E-state index >= 15 is 0 Å². The van der Waals surface area contributed by atoms with Gasteiger partial charge in [-0.15, -0.1) is 0 Å². The van der Waals surface area contributed by atoms with Crippen molar-refractivity contribution in [3.63, 3.8) is 0 Å². The maximum atomic E-state index is 12.1. The molecule has 0 radical (unpaired) electrons. The first-order valence-corrected chi connectivity index (χ1v) is 10.4. The molecule has 0 N–H and O–H groups in total. The van der Waals surface area contributed by atoms with Crippen molar-refractivity contribution in [2.75, 3.05) is 11.5 Å². The van der Waals surface area contributed by atoms with Crippen molar-refractivity contribution in [1.29, 1.82) is 0 Å². The van der Waals surface area contributed by atoms with Gasteiger partial charge in [0.2, 0.25) is 0 Å². The Bertz CT molecular complexity index is 537. The molecule has 0 saturated heterocycles. The predicted molar refractivity (Wildman–Crippen MR) is 92.2 cm³/mol. The minimum absolute atomic E-state index is 0.0663. The summed E-state index contributed by atoms with van der Waals surface area (Å²) in [7, 11) is 0.354. The number of hydrogen-bond acceptors (Lipinski definition) is 4. The second-order valence-corrected chi connectivity index (χ2v) is 10.7. The van der Waals surface area contributed by atoms with Gasteiger partial charge in [0, 0.05) is 10.5 Å². The molecule has 5 heteroatoms. The summed E-state index contributed by atoms with van der Waals surface area (Å²) < 4.78 is 24.4. The van der Waals surface area contributed by atoms with Crippen molar-refractivity contribution in [2.24, 2.45) is 0 Å². The average Bonchev–Trinajstić information content (AvgIpc) is 2.33. The van der Waals surface area contributed by atoms with Crippen molar-refractivity contribution in [1.82, 2.24) is 0 Å². The van der Waals surface area contributed by atoms with Gasteiger partial charge in [-0.25, -0.2) is 8.42 Å². The van der Waals surface area contributed by atoms with Crippen molar-refractivity contribution in [2.45, 2.75) is 37.3 Å². The summed E-state index contributed by atoms with van der Waals surface area (Å²) >= 11 is 0. The van der Waals surface area contributed by atoms with E-state index in [2.05, 4.69) is 20.8 Å². The summed E-state index contributed by atoms with van der Waals surface area (Å²) in [6.07, 6.45) is 3.67. The minimum Gasteiger partial charge on any atom is -0.223 e. The Hall–Kier alpha value is -0.390. The fourth-order valence-corrected chi connectivity index (χ4v) is 4.62. The first-order valence-electron chi connectivity index (χ1n) is 6.46. The Kier molecular flexibility index (Phi) is 6.69. The smallest absolute Gasteiger partial charge is 0.181 e. The average molecular weight is 331 g/mol. The molecule has 0 saturated carbocycles. The maximum Gasteiger partial charge on any atom is 0.181 e. The molecule has 0 aliphatic rings. The van der Waals surface area contributed by atoms with Gasteiger partial charge in [-0.1, -0.05) is 72.2 Å². The Morgan fingerprint density at radius 2 is 1.70 bits per heavy atom. The Balaban J connectivity index is 2.46. The number of aryl methyl sites for hydroxylation is 1. The highest BCUT2D eigenvalue weighted by molar-refractivity contribution is 8.77. The third kappa shape index (κ3) is 6.86. The maximum absolute atomic E-state index is 12.1. The summed E-state index contributed by atoms with van der Waals surface area (Å²) in [6.45, 7) is 8.43. The molecule has 1 rings (SSSR count). The summed E-state index contributed by atoms with van der Waals surface area (Å²) in [6, 6.07) is 6.99. The van der Waals surface area contributed by atoms with Crippen molar-refractivity contribution in [3.8, 4) is 0 Å². The molecule has 0 heterocycles. The van der Waals surface area contributed by atoms with E-state index in [1.165, 1.54) is 0 Å². The van der Waals surface area contributed by atoms with Gasteiger partial charge in [0.15, 0.2) is 9.84 Å². The lowest BCUT2D eigenvalue weighted by Crippen LogP contribution is -2.05. The molecule has 0 fully saturated rings. The molecule has 0 aliphatic carbocycles. The van der Waals surface area contributed by atoms with Gasteiger partial charge < -0.3 is 0 Å². The topological polar surface area (TPSA) is 34.1 Å². The van der Waals surface area contributed by atoms with E-state index in [0.717, 1.165) is 11.3 Å². The molecular formula is C15H22O2S3. The Labute approximate surface area is 130 Å². The van der Waals surface area contributed by atoms with Crippen molar-refractivity contribution in [3.05, 3.63) is 42.0 Å². The van der Waals surface area contributed by atoms with Crippen LogP contribution in [0.4, 0.5) is 0 Å². The second kappa shape index (κ2) is 7.57. The van der Waals surface area contributed by atoms with Crippen LogP contribution in [0.2, 0.25) is 0 Å². The van der Waals surface area contributed by atoms with E-state index in [1.54, 1.807) is 39.8 Å². The summed E-state index contributed by atoms with van der Waals surface area (Å²) in [5.74, 6) is 0.891. The van der Waals surface area contributed by atoms with Gasteiger partial charge in [-0.05, 0) is 19.1 Å². The van der Waals surface area contributed by atoms with Crippen molar-refractivity contribution >= 4 is 31.4 Å². The lowest BCUT2D eigenvalue weighted by molar-refractivity contribution is 0.599. The summed E-state index contributed by atoms with van der Waals surface area (Å²) in [5, 5.41) is 0. The van der Waals surface area contributed by atoms with Crippen LogP contribution in [-0.2, 0) is 9.84 Å². The Morgan fingerprint density at radius 1 is 1.10 bits per heavy atom. The molecule has 0 spiro atoms.